The second kappa shape index (κ2) is 4.37. The summed E-state index contributed by atoms with van der Waals surface area (Å²) in [6.45, 7) is 3.86. The fraction of sp³-hybridized carbons (Fsp3) is 0.364. The summed E-state index contributed by atoms with van der Waals surface area (Å²) in [5.74, 6) is -0.0452. The highest BCUT2D eigenvalue weighted by Gasteiger charge is 2.17. The van der Waals surface area contributed by atoms with Crippen LogP contribution in [0.4, 0.5) is 0 Å². The maximum atomic E-state index is 11.7. The van der Waals surface area contributed by atoms with Crippen LogP contribution in [0.15, 0.2) is 17.7 Å². The van der Waals surface area contributed by atoms with Gasteiger partial charge in [0.15, 0.2) is 0 Å². The van der Waals surface area contributed by atoms with Crippen LogP contribution in [-0.2, 0) is 12.8 Å². The summed E-state index contributed by atoms with van der Waals surface area (Å²) in [4.78, 5) is 13.8. The Morgan fingerprint density at radius 2 is 2.40 bits per heavy atom. The first-order valence-corrected chi connectivity index (χ1v) is 6.09. The smallest absolute Gasteiger partial charge is 0.261 e. The highest BCUT2D eigenvalue weighted by atomic mass is 35.5. The molecule has 2 rings (SSSR count). The van der Waals surface area contributed by atoms with Gasteiger partial charge in [0.1, 0.15) is 0 Å². The summed E-state index contributed by atoms with van der Waals surface area (Å²) in [5.41, 5.74) is 1.34. The molecule has 0 bridgehead atoms. The lowest BCUT2D eigenvalue weighted by Gasteiger charge is -2.00. The molecule has 1 N–H and O–H groups in total. The van der Waals surface area contributed by atoms with E-state index in [2.05, 4.69) is 11.9 Å². The quantitative estimate of drug-likeness (QED) is 0.866. The molecule has 0 unspecified atom stereocenters. The van der Waals surface area contributed by atoms with Crippen molar-refractivity contribution in [1.82, 2.24) is 5.32 Å². The van der Waals surface area contributed by atoms with E-state index in [0.29, 0.717) is 11.6 Å². The average Bonchev–Trinajstić information content (AvgIpc) is 2.72. The number of carbonyl (C=O) groups excluding carboxylic acids is 1. The molecule has 1 aliphatic carbocycles. The van der Waals surface area contributed by atoms with Gasteiger partial charge >= 0.3 is 0 Å². The number of thiophene rings is 1. The second-order valence-electron chi connectivity index (χ2n) is 3.61. The topological polar surface area (TPSA) is 29.1 Å². The van der Waals surface area contributed by atoms with Crippen LogP contribution in [0.1, 0.15) is 26.5 Å². The SMILES string of the molecule is C=C(Cl)CNC(=O)c1cc2c(s1)CCC2. The van der Waals surface area contributed by atoms with Gasteiger partial charge in [-0.2, -0.15) is 0 Å². The summed E-state index contributed by atoms with van der Waals surface area (Å²) >= 11 is 7.18. The monoisotopic (exact) mass is 241 g/mol. The molecule has 1 amide bonds. The molecule has 1 aliphatic rings. The Kier molecular flexibility index (Phi) is 3.12. The van der Waals surface area contributed by atoms with Gasteiger partial charge in [0, 0.05) is 9.91 Å². The Morgan fingerprint density at radius 3 is 3.07 bits per heavy atom. The predicted octanol–water partition coefficient (Wildman–Crippen LogP) is 2.72. The highest BCUT2D eigenvalue weighted by Crippen LogP contribution is 2.30. The third-order valence-corrected chi connectivity index (χ3v) is 3.78. The van der Waals surface area contributed by atoms with Crippen LogP contribution in [-0.4, -0.2) is 12.5 Å². The van der Waals surface area contributed by atoms with Gasteiger partial charge in [-0.3, -0.25) is 4.79 Å². The Balaban J connectivity index is 2.03. The summed E-state index contributed by atoms with van der Waals surface area (Å²) in [6, 6.07) is 2.00. The van der Waals surface area contributed by atoms with Gasteiger partial charge in [0.05, 0.1) is 11.4 Å². The standard InChI is InChI=1S/C11H12ClNOS/c1-7(12)6-13-11(14)10-5-8-3-2-4-9(8)15-10/h5H,1-4,6H2,(H,13,14). The molecule has 4 heteroatoms. The number of hydrogen-bond donors (Lipinski definition) is 1. The third-order valence-electron chi connectivity index (χ3n) is 2.41. The van der Waals surface area contributed by atoms with E-state index in [-0.39, 0.29) is 5.91 Å². The Hall–Kier alpha value is -0.800. The van der Waals surface area contributed by atoms with E-state index in [4.69, 9.17) is 11.6 Å². The first-order valence-electron chi connectivity index (χ1n) is 4.90. The van der Waals surface area contributed by atoms with Gasteiger partial charge in [0.25, 0.3) is 5.91 Å². The maximum absolute atomic E-state index is 11.7. The molecule has 80 valence electrons. The largest absolute Gasteiger partial charge is 0.346 e. The van der Waals surface area contributed by atoms with E-state index in [0.717, 1.165) is 17.7 Å². The minimum absolute atomic E-state index is 0.0452. The summed E-state index contributed by atoms with van der Waals surface area (Å²) in [6.07, 6.45) is 3.46. The van der Waals surface area contributed by atoms with Gasteiger partial charge in [0.2, 0.25) is 0 Å². The van der Waals surface area contributed by atoms with Crippen molar-refractivity contribution in [2.24, 2.45) is 0 Å². The van der Waals surface area contributed by atoms with Crippen LogP contribution in [0.3, 0.4) is 0 Å². The fourth-order valence-electron chi connectivity index (χ4n) is 1.70. The van der Waals surface area contributed by atoms with Crippen molar-refractivity contribution < 1.29 is 4.79 Å². The normalized spacial score (nSPS) is 13.7. The molecule has 0 fully saturated rings. The Bertz CT molecular complexity index is 389. The average molecular weight is 242 g/mol. The lowest BCUT2D eigenvalue weighted by atomic mass is 10.2. The van der Waals surface area contributed by atoms with Crippen molar-refractivity contribution in [2.45, 2.75) is 19.3 Å². The zero-order chi connectivity index (χ0) is 10.8. The van der Waals surface area contributed by atoms with Crippen LogP contribution in [0.5, 0.6) is 0 Å². The molecule has 0 spiro atoms. The van der Waals surface area contributed by atoms with Gasteiger partial charge in [-0.1, -0.05) is 18.2 Å². The number of nitrogens with one attached hydrogen (secondary N) is 1. The van der Waals surface area contributed by atoms with E-state index in [1.807, 2.05) is 6.07 Å². The number of fused-ring (bicyclic) bond motifs is 1. The third kappa shape index (κ3) is 2.41. The fourth-order valence-corrected chi connectivity index (χ4v) is 2.94. The molecule has 0 saturated heterocycles. The van der Waals surface area contributed by atoms with Crippen molar-refractivity contribution >= 4 is 28.8 Å². The molecule has 0 atom stereocenters. The minimum atomic E-state index is -0.0452. The van der Waals surface area contributed by atoms with Crippen LogP contribution in [0.2, 0.25) is 0 Å². The molecular formula is C11H12ClNOS. The minimum Gasteiger partial charge on any atom is -0.346 e. The molecule has 1 heterocycles. The molecule has 2 nitrogen and oxygen atoms in total. The molecule has 0 radical (unpaired) electrons. The van der Waals surface area contributed by atoms with E-state index in [1.54, 1.807) is 11.3 Å². The van der Waals surface area contributed by atoms with E-state index in [9.17, 15) is 4.79 Å². The second-order valence-corrected chi connectivity index (χ2v) is 5.28. The lowest BCUT2D eigenvalue weighted by molar-refractivity contribution is 0.0961. The summed E-state index contributed by atoms with van der Waals surface area (Å²) in [5, 5.41) is 3.18. The highest BCUT2D eigenvalue weighted by molar-refractivity contribution is 7.14. The molecule has 1 aromatic heterocycles. The zero-order valence-corrected chi connectivity index (χ0v) is 9.88. The summed E-state index contributed by atoms with van der Waals surface area (Å²) < 4.78 is 0. The van der Waals surface area contributed by atoms with E-state index < -0.39 is 0 Å². The predicted molar refractivity (Wildman–Crippen MR) is 63.7 cm³/mol. The first-order chi connectivity index (χ1) is 7.16. The van der Waals surface area contributed by atoms with E-state index in [1.165, 1.54) is 16.9 Å². The molecular weight excluding hydrogens is 230 g/mol. The molecule has 15 heavy (non-hydrogen) atoms. The molecule has 0 saturated carbocycles. The number of aryl methyl sites for hydroxylation is 2. The molecule has 1 aromatic rings. The van der Waals surface area contributed by atoms with Gasteiger partial charge in [-0.05, 0) is 30.9 Å². The number of hydrogen-bond acceptors (Lipinski definition) is 2. The van der Waals surface area contributed by atoms with Crippen molar-refractivity contribution in [3.8, 4) is 0 Å². The maximum Gasteiger partial charge on any atom is 0.261 e. The van der Waals surface area contributed by atoms with Crippen molar-refractivity contribution in [1.29, 1.82) is 0 Å². The number of rotatable bonds is 3. The summed E-state index contributed by atoms with van der Waals surface area (Å²) in [7, 11) is 0. The first kappa shape index (κ1) is 10.7. The van der Waals surface area contributed by atoms with Crippen molar-refractivity contribution in [3.05, 3.63) is 33.0 Å². The molecule has 0 aliphatic heterocycles. The van der Waals surface area contributed by atoms with Gasteiger partial charge in [-0.25, -0.2) is 0 Å². The van der Waals surface area contributed by atoms with Gasteiger partial charge in [-0.15, -0.1) is 11.3 Å². The van der Waals surface area contributed by atoms with Crippen LogP contribution in [0.25, 0.3) is 0 Å². The number of halogens is 1. The number of carbonyl (C=O) groups is 1. The lowest BCUT2D eigenvalue weighted by Crippen LogP contribution is -2.23. The Labute approximate surface area is 97.9 Å². The van der Waals surface area contributed by atoms with Crippen molar-refractivity contribution in [2.75, 3.05) is 6.54 Å². The number of amides is 1. The van der Waals surface area contributed by atoms with Crippen LogP contribution >= 0.6 is 22.9 Å². The van der Waals surface area contributed by atoms with Crippen LogP contribution in [0, 0.1) is 0 Å². The Morgan fingerprint density at radius 1 is 1.60 bits per heavy atom. The van der Waals surface area contributed by atoms with Gasteiger partial charge < -0.3 is 5.32 Å². The molecule has 0 aromatic carbocycles. The van der Waals surface area contributed by atoms with E-state index >= 15 is 0 Å². The van der Waals surface area contributed by atoms with Crippen molar-refractivity contribution in [3.63, 3.8) is 0 Å². The van der Waals surface area contributed by atoms with Crippen LogP contribution < -0.4 is 5.32 Å². The zero-order valence-electron chi connectivity index (χ0n) is 8.31.